The minimum absolute atomic E-state index is 0.0206. The highest BCUT2D eigenvalue weighted by molar-refractivity contribution is 9.10. The highest BCUT2D eigenvalue weighted by Gasteiger charge is 2.20. The summed E-state index contributed by atoms with van der Waals surface area (Å²) in [5.41, 5.74) is 1.28. The summed E-state index contributed by atoms with van der Waals surface area (Å²) in [6.45, 7) is 6.86. The monoisotopic (exact) mass is 337 g/mol. The SMILES string of the molecule is COc1ccc(CN2CCN(C(C)C#N)CC2)cc1Br. The van der Waals surface area contributed by atoms with E-state index >= 15 is 0 Å². The fraction of sp³-hybridized carbons (Fsp3) is 0.533. The average Bonchev–Trinajstić information content (AvgIpc) is 2.47. The van der Waals surface area contributed by atoms with E-state index in [1.165, 1.54) is 5.56 Å². The van der Waals surface area contributed by atoms with Crippen LogP contribution in [0.1, 0.15) is 12.5 Å². The maximum atomic E-state index is 8.95. The number of hydrogen-bond donors (Lipinski definition) is 0. The second-order valence-electron chi connectivity index (χ2n) is 5.09. The summed E-state index contributed by atoms with van der Waals surface area (Å²) in [6.07, 6.45) is 0. The number of benzene rings is 1. The number of hydrogen-bond acceptors (Lipinski definition) is 4. The largest absolute Gasteiger partial charge is 0.496 e. The zero-order chi connectivity index (χ0) is 14.5. The van der Waals surface area contributed by atoms with Gasteiger partial charge in [-0.1, -0.05) is 6.07 Å². The van der Waals surface area contributed by atoms with Crippen molar-refractivity contribution in [2.45, 2.75) is 19.5 Å². The standard InChI is InChI=1S/C15H20BrN3O/c1-12(10-17)19-7-5-18(6-8-19)11-13-3-4-15(20-2)14(16)9-13/h3-4,9,12H,5-8,11H2,1-2H3. The van der Waals surface area contributed by atoms with Crippen molar-refractivity contribution in [3.8, 4) is 11.8 Å². The Morgan fingerprint density at radius 2 is 2.05 bits per heavy atom. The zero-order valence-corrected chi connectivity index (χ0v) is 13.6. The number of nitriles is 1. The summed E-state index contributed by atoms with van der Waals surface area (Å²) in [5.74, 6) is 0.862. The Morgan fingerprint density at radius 3 is 2.60 bits per heavy atom. The quantitative estimate of drug-likeness (QED) is 0.846. The molecule has 1 aromatic rings. The van der Waals surface area contributed by atoms with Crippen LogP contribution < -0.4 is 4.74 Å². The van der Waals surface area contributed by atoms with Crippen molar-refractivity contribution in [1.82, 2.24) is 9.80 Å². The van der Waals surface area contributed by atoms with E-state index in [0.29, 0.717) is 0 Å². The van der Waals surface area contributed by atoms with Gasteiger partial charge in [-0.3, -0.25) is 9.80 Å². The van der Waals surface area contributed by atoms with Crippen molar-refractivity contribution in [2.24, 2.45) is 0 Å². The van der Waals surface area contributed by atoms with Crippen LogP contribution in [-0.4, -0.2) is 49.1 Å². The molecule has 1 aliphatic heterocycles. The third-order valence-electron chi connectivity index (χ3n) is 3.76. The summed E-state index contributed by atoms with van der Waals surface area (Å²) in [5, 5.41) is 8.95. The molecule has 5 heteroatoms. The summed E-state index contributed by atoms with van der Waals surface area (Å²) in [4.78, 5) is 4.66. The van der Waals surface area contributed by atoms with E-state index in [1.54, 1.807) is 7.11 Å². The third kappa shape index (κ3) is 3.72. The summed E-state index contributed by atoms with van der Waals surface area (Å²) in [7, 11) is 1.68. The summed E-state index contributed by atoms with van der Waals surface area (Å²) in [6, 6.07) is 8.54. The molecule has 1 aromatic carbocycles. The minimum Gasteiger partial charge on any atom is -0.496 e. The fourth-order valence-corrected chi connectivity index (χ4v) is 3.04. The molecule has 0 radical (unpaired) electrons. The van der Waals surface area contributed by atoms with Crippen LogP contribution in [0.2, 0.25) is 0 Å². The van der Waals surface area contributed by atoms with Crippen LogP contribution in [-0.2, 0) is 6.54 Å². The zero-order valence-electron chi connectivity index (χ0n) is 12.0. The number of methoxy groups -OCH3 is 1. The smallest absolute Gasteiger partial charge is 0.133 e. The lowest BCUT2D eigenvalue weighted by Crippen LogP contribution is -2.48. The van der Waals surface area contributed by atoms with E-state index in [9.17, 15) is 0 Å². The lowest BCUT2D eigenvalue weighted by Gasteiger charge is -2.35. The van der Waals surface area contributed by atoms with Crippen molar-refractivity contribution in [1.29, 1.82) is 5.26 Å². The fourth-order valence-electron chi connectivity index (χ4n) is 2.46. The predicted octanol–water partition coefficient (Wildman–Crippen LogP) is 2.49. The van der Waals surface area contributed by atoms with Gasteiger partial charge in [-0.25, -0.2) is 0 Å². The van der Waals surface area contributed by atoms with E-state index in [-0.39, 0.29) is 6.04 Å². The molecule has 2 rings (SSSR count). The van der Waals surface area contributed by atoms with Gasteiger partial charge >= 0.3 is 0 Å². The van der Waals surface area contributed by atoms with Crippen molar-refractivity contribution >= 4 is 15.9 Å². The molecule has 1 unspecified atom stereocenters. The first-order valence-electron chi connectivity index (χ1n) is 6.82. The molecule has 0 spiro atoms. The van der Waals surface area contributed by atoms with Gasteiger partial charge in [0.15, 0.2) is 0 Å². The molecule has 0 N–H and O–H groups in total. The predicted molar refractivity (Wildman–Crippen MR) is 82.6 cm³/mol. The molecule has 108 valence electrons. The molecular weight excluding hydrogens is 318 g/mol. The van der Waals surface area contributed by atoms with E-state index in [2.05, 4.69) is 43.9 Å². The molecule has 0 amide bonds. The lowest BCUT2D eigenvalue weighted by molar-refractivity contribution is 0.114. The molecule has 20 heavy (non-hydrogen) atoms. The molecule has 1 aliphatic rings. The summed E-state index contributed by atoms with van der Waals surface area (Å²) >= 11 is 3.52. The molecule has 1 atom stereocenters. The summed E-state index contributed by atoms with van der Waals surface area (Å²) < 4.78 is 6.24. The van der Waals surface area contributed by atoms with Crippen molar-refractivity contribution in [2.75, 3.05) is 33.3 Å². The van der Waals surface area contributed by atoms with Gasteiger partial charge in [0.25, 0.3) is 0 Å². The molecule has 4 nitrogen and oxygen atoms in total. The number of rotatable bonds is 4. The topological polar surface area (TPSA) is 39.5 Å². The Balaban J connectivity index is 1.90. The Bertz CT molecular complexity index is 492. The second-order valence-corrected chi connectivity index (χ2v) is 5.94. The van der Waals surface area contributed by atoms with Crippen LogP contribution in [0, 0.1) is 11.3 Å². The molecule has 0 saturated carbocycles. The maximum absolute atomic E-state index is 8.95. The van der Waals surface area contributed by atoms with Crippen LogP contribution in [0.4, 0.5) is 0 Å². The molecular formula is C15H20BrN3O. The highest BCUT2D eigenvalue weighted by atomic mass is 79.9. The van der Waals surface area contributed by atoms with Gasteiger partial charge in [0, 0.05) is 32.7 Å². The second kappa shape index (κ2) is 7.07. The average molecular weight is 338 g/mol. The van der Waals surface area contributed by atoms with Gasteiger partial charge in [-0.15, -0.1) is 0 Å². The molecule has 1 fully saturated rings. The Morgan fingerprint density at radius 1 is 1.35 bits per heavy atom. The van der Waals surface area contributed by atoms with Crippen LogP contribution in [0.5, 0.6) is 5.75 Å². The Labute approximate surface area is 129 Å². The molecule has 1 saturated heterocycles. The molecule has 0 aromatic heterocycles. The van der Waals surface area contributed by atoms with Gasteiger partial charge in [-0.2, -0.15) is 5.26 Å². The van der Waals surface area contributed by atoms with Crippen LogP contribution >= 0.6 is 15.9 Å². The number of ether oxygens (including phenoxy) is 1. The first kappa shape index (κ1) is 15.3. The normalized spacial score (nSPS) is 18.5. The van der Waals surface area contributed by atoms with E-state index in [4.69, 9.17) is 10.00 Å². The molecule has 1 heterocycles. The number of halogens is 1. The maximum Gasteiger partial charge on any atom is 0.133 e. The first-order chi connectivity index (χ1) is 9.63. The van der Waals surface area contributed by atoms with Crippen molar-refractivity contribution in [3.05, 3.63) is 28.2 Å². The van der Waals surface area contributed by atoms with Gasteiger partial charge < -0.3 is 4.74 Å². The van der Waals surface area contributed by atoms with Crippen LogP contribution in [0.25, 0.3) is 0 Å². The van der Waals surface area contributed by atoms with E-state index in [0.717, 1.165) is 42.9 Å². The van der Waals surface area contributed by atoms with Crippen molar-refractivity contribution in [3.63, 3.8) is 0 Å². The first-order valence-corrected chi connectivity index (χ1v) is 7.61. The van der Waals surface area contributed by atoms with Crippen LogP contribution in [0.15, 0.2) is 22.7 Å². The van der Waals surface area contributed by atoms with Gasteiger partial charge in [0.05, 0.1) is 23.7 Å². The third-order valence-corrected chi connectivity index (χ3v) is 4.38. The van der Waals surface area contributed by atoms with Gasteiger partial charge in [0.2, 0.25) is 0 Å². The molecule has 0 aliphatic carbocycles. The number of piperazine rings is 1. The van der Waals surface area contributed by atoms with Gasteiger partial charge in [-0.05, 0) is 40.5 Å². The van der Waals surface area contributed by atoms with Crippen molar-refractivity contribution < 1.29 is 4.74 Å². The van der Waals surface area contributed by atoms with E-state index in [1.807, 2.05) is 13.0 Å². The Kier molecular flexibility index (Phi) is 5.41. The number of nitrogens with zero attached hydrogens (tertiary/aromatic N) is 3. The Hall–Kier alpha value is -1.09. The lowest BCUT2D eigenvalue weighted by atomic mass is 10.1. The van der Waals surface area contributed by atoms with E-state index < -0.39 is 0 Å². The molecule has 0 bridgehead atoms. The van der Waals surface area contributed by atoms with Crippen LogP contribution in [0.3, 0.4) is 0 Å². The minimum atomic E-state index is 0.0206. The highest BCUT2D eigenvalue weighted by Crippen LogP contribution is 2.26. The van der Waals surface area contributed by atoms with Gasteiger partial charge in [0.1, 0.15) is 5.75 Å².